The van der Waals surface area contributed by atoms with Crippen LogP contribution in [-0.2, 0) is 9.53 Å². The van der Waals surface area contributed by atoms with Gasteiger partial charge in [0.15, 0.2) is 0 Å². The van der Waals surface area contributed by atoms with Gasteiger partial charge in [-0.1, -0.05) is 20.8 Å². The largest absolute Gasteiger partial charge is 0.466 e. The van der Waals surface area contributed by atoms with Gasteiger partial charge in [0, 0.05) is 13.1 Å². The quantitative estimate of drug-likeness (QED) is 0.613. The fourth-order valence-electron chi connectivity index (χ4n) is 1.52. The van der Waals surface area contributed by atoms with Crippen LogP contribution >= 0.6 is 0 Å². The van der Waals surface area contributed by atoms with Crippen LogP contribution in [0.5, 0.6) is 0 Å². The third-order valence-corrected chi connectivity index (χ3v) is 1.95. The first-order chi connectivity index (χ1) is 6.47. The van der Waals surface area contributed by atoms with E-state index in [0.29, 0.717) is 12.5 Å². The van der Waals surface area contributed by atoms with Crippen LogP contribution in [0.15, 0.2) is 0 Å². The second kappa shape index (κ2) is 6.82. The Morgan fingerprint density at radius 2 is 1.86 bits per heavy atom. The van der Waals surface area contributed by atoms with E-state index in [1.54, 1.807) is 0 Å². The maximum atomic E-state index is 11.3. The van der Waals surface area contributed by atoms with E-state index >= 15 is 0 Å². The highest BCUT2D eigenvalue weighted by molar-refractivity contribution is 5.72. The molecule has 0 bridgehead atoms. The highest BCUT2D eigenvalue weighted by Crippen LogP contribution is 2.03. The minimum absolute atomic E-state index is 0.0290. The summed E-state index contributed by atoms with van der Waals surface area (Å²) in [6, 6.07) is 0. The molecular weight excluding hydrogens is 178 g/mol. The van der Waals surface area contributed by atoms with E-state index in [9.17, 15) is 4.79 Å². The Balaban J connectivity index is 3.80. The first-order valence-electron chi connectivity index (χ1n) is 5.32. The van der Waals surface area contributed by atoms with Crippen molar-refractivity contribution >= 4 is 5.97 Å². The molecule has 0 saturated carbocycles. The van der Waals surface area contributed by atoms with Gasteiger partial charge < -0.3 is 9.64 Å². The van der Waals surface area contributed by atoms with Crippen LogP contribution < -0.4 is 0 Å². The lowest BCUT2D eigenvalue weighted by atomic mass is 10.1. The van der Waals surface area contributed by atoms with Crippen LogP contribution in [0.2, 0.25) is 0 Å². The third kappa shape index (κ3) is 5.97. The number of esters is 1. The molecule has 0 radical (unpaired) electrons. The smallest absolute Gasteiger partial charge is 0.309 e. The molecule has 84 valence electrons. The van der Waals surface area contributed by atoms with Crippen molar-refractivity contribution < 1.29 is 9.53 Å². The second-order valence-corrected chi connectivity index (χ2v) is 4.27. The summed E-state index contributed by atoms with van der Waals surface area (Å²) >= 11 is 0. The van der Waals surface area contributed by atoms with Gasteiger partial charge in [-0.05, 0) is 19.9 Å². The third-order valence-electron chi connectivity index (χ3n) is 1.95. The summed E-state index contributed by atoms with van der Waals surface area (Å²) in [5.74, 6) is 0.510. The van der Waals surface area contributed by atoms with Gasteiger partial charge in [0.2, 0.25) is 0 Å². The number of carbonyl (C=O) groups is 1. The van der Waals surface area contributed by atoms with E-state index in [1.165, 1.54) is 0 Å². The molecule has 0 saturated heterocycles. The van der Waals surface area contributed by atoms with Crippen molar-refractivity contribution in [3.05, 3.63) is 0 Å². The highest BCUT2D eigenvalue weighted by atomic mass is 16.5. The molecule has 0 rings (SSSR count). The summed E-state index contributed by atoms with van der Waals surface area (Å²) in [7, 11) is 2.04. The first-order valence-corrected chi connectivity index (χ1v) is 5.32. The molecule has 0 aromatic carbocycles. The predicted molar refractivity (Wildman–Crippen MR) is 58.1 cm³/mol. The van der Waals surface area contributed by atoms with Crippen LogP contribution in [-0.4, -0.2) is 37.6 Å². The van der Waals surface area contributed by atoms with Gasteiger partial charge in [-0.25, -0.2) is 0 Å². The SMILES string of the molecule is CCOC(=O)C(C)CN(C)CC(C)C. The van der Waals surface area contributed by atoms with Crippen LogP contribution in [0.1, 0.15) is 27.7 Å². The van der Waals surface area contributed by atoms with Gasteiger partial charge in [-0.15, -0.1) is 0 Å². The summed E-state index contributed by atoms with van der Waals surface area (Å²) in [5, 5.41) is 0. The molecule has 1 unspecified atom stereocenters. The fourth-order valence-corrected chi connectivity index (χ4v) is 1.52. The Morgan fingerprint density at radius 3 is 2.29 bits per heavy atom. The standard InChI is InChI=1S/C11H23NO2/c1-6-14-11(13)10(4)8-12(5)7-9(2)3/h9-10H,6-8H2,1-5H3. The molecule has 0 N–H and O–H groups in total. The summed E-state index contributed by atoms with van der Waals surface area (Å²) < 4.78 is 4.94. The zero-order valence-corrected chi connectivity index (χ0v) is 10.0. The van der Waals surface area contributed by atoms with Crippen molar-refractivity contribution in [1.29, 1.82) is 0 Å². The van der Waals surface area contributed by atoms with Crippen molar-refractivity contribution in [2.45, 2.75) is 27.7 Å². The van der Waals surface area contributed by atoms with Gasteiger partial charge >= 0.3 is 5.97 Å². The summed E-state index contributed by atoms with van der Waals surface area (Å²) in [4.78, 5) is 13.5. The van der Waals surface area contributed by atoms with Gasteiger partial charge in [0.25, 0.3) is 0 Å². The number of carbonyl (C=O) groups excluding carboxylic acids is 1. The molecule has 0 aliphatic heterocycles. The molecule has 0 aromatic rings. The monoisotopic (exact) mass is 201 g/mol. The summed E-state index contributed by atoms with van der Waals surface area (Å²) in [5.41, 5.74) is 0. The van der Waals surface area contributed by atoms with Crippen molar-refractivity contribution in [2.24, 2.45) is 11.8 Å². The van der Waals surface area contributed by atoms with E-state index < -0.39 is 0 Å². The Bertz CT molecular complexity index is 169. The maximum absolute atomic E-state index is 11.3. The van der Waals surface area contributed by atoms with Gasteiger partial charge in [0.1, 0.15) is 0 Å². The Kier molecular flexibility index (Phi) is 6.54. The number of hydrogen-bond donors (Lipinski definition) is 0. The minimum Gasteiger partial charge on any atom is -0.466 e. The van der Waals surface area contributed by atoms with E-state index in [2.05, 4.69) is 18.7 Å². The van der Waals surface area contributed by atoms with E-state index in [-0.39, 0.29) is 11.9 Å². The van der Waals surface area contributed by atoms with Gasteiger partial charge in [-0.3, -0.25) is 4.79 Å². The van der Waals surface area contributed by atoms with E-state index in [0.717, 1.165) is 13.1 Å². The lowest BCUT2D eigenvalue weighted by Gasteiger charge is -2.21. The Morgan fingerprint density at radius 1 is 1.29 bits per heavy atom. The maximum Gasteiger partial charge on any atom is 0.309 e. The molecule has 0 aliphatic carbocycles. The van der Waals surface area contributed by atoms with Crippen LogP contribution in [0.3, 0.4) is 0 Å². The molecule has 1 atom stereocenters. The molecule has 0 amide bonds. The molecule has 0 heterocycles. The van der Waals surface area contributed by atoms with E-state index in [4.69, 9.17) is 4.74 Å². The van der Waals surface area contributed by atoms with Crippen molar-refractivity contribution in [3.63, 3.8) is 0 Å². The molecule has 0 aliphatic rings. The number of hydrogen-bond acceptors (Lipinski definition) is 3. The lowest BCUT2D eigenvalue weighted by molar-refractivity contribution is -0.147. The van der Waals surface area contributed by atoms with Crippen molar-refractivity contribution in [3.8, 4) is 0 Å². The molecule has 14 heavy (non-hydrogen) atoms. The average molecular weight is 201 g/mol. The number of ether oxygens (including phenoxy) is 1. The van der Waals surface area contributed by atoms with Crippen molar-refractivity contribution in [1.82, 2.24) is 4.90 Å². The van der Waals surface area contributed by atoms with Crippen molar-refractivity contribution in [2.75, 3.05) is 26.7 Å². The summed E-state index contributed by atoms with van der Waals surface area (Å²) in [6.45, 7) is 10.4. The highest BCUT2D eigenvalue weighted by Gasteiger charge is 2.16. The second-order valence-electron chi connectivity index (χ2n) is 4.27. The molecule has 3 heteroatoms. The molecule has 0 aromatic heterocycles. The van der Waals surface area contributed by atoms with Crippen LogP contribution in [0.4, 0.5) is 0 Å². The number of rotatable bonds is 6. The van der Waals surface area contributed by atoms with Gasteiger partial charge in [-0.2, -0.15) is 0 Å². The zero-order chi connectivity index (χ0) is 11.1. The molecular formula is C11H23NO2. The summed E-state index contributed by atoms with van der Waals surface area (Å²) in [6.07, 6.45) is 0. The Labute approximate surface area is 87.4 Å². The predicted octanol–water partition coefficient (Wildman–Crippen LogP) is 1.77. The number of nitrogens with zero attached hydrogens (tertiary/aromatic N) is 1. The van der Waals surface area contributed by atoms with Crippen LogP contribution in [0.25, 0.3) is 0 Å². The minimum atomic E-state index is -0.0943. The zero-order valence-electron chi connectivity index (χ0n) is 10.0. The molecule has 0 fully saturated rings. The average Bonchev–Trinajstić information content (AvgIpc) is 2.02. The van der Waals surface area contributed by atoms with Gasteiger partial charge in [0.05, 0.1) is 12.5 Å². The topological polar surface area (TPSA) is 29.5 Å². The Hall–Kier alpha value is -0.570. The lowest BCUT2D eigenvalue weighted by Crippen LogP contribution is -2.32. The van der Waals surface area contributed by atoms with E-state index in [1.807, 2.05) is 20.9 Å². The van der Waals surface area contributed by atoms with Crippen LogP contribution in [0, 0.1) is 11.8 Å². The molecule has 0 spiro atoms. The fraction of sp³-hybridized carbons (Fsp3) is 0.909. The molecule has 3 nitrogen and oxygen atoms in total. The normalized spacial score (nSPS) is 13.4. The first kappa shape index (κ1) is 13.4.